The maximum absolute atomic E-state index is 13.6. The number of carbonyl (C=O) groups excluding carboxylic acids is 1. The summed E-state index contributed by atoms with van der Waals surface area (Å²) in [6.45, 7) is 6.84. The van der Waals surface area contributed by atoms with Crippen LogP contribution in [0.15, 0.2) is 30.6 Å². The minimum Gasteiger partial charge on any atom is -0.444 e. The molecule has 0 bridgehead atoms. The summed E-state index contributed by atoms with van der Waals surface area (Å²) in [6, 6.07) is 4.67. The summed E-state index contributed by atoms with van der Waals surface area (Å²) in [6.07, 6.45) is 4.95. The number of nitrogens with two attached hydrogens (primary N) is 1. The van der Waals surface area contributed by atoms with Crippen molar-refractivity contribution in [2.45, 2.75) is 45.3 Å². The first-order chi connectivity index (χ1) is 12.2. The average molecular weight is 360 g/mol. The van der Waals surface area contributed by atoms with Crippen molar-refractivity contribution in [2.75, 3.05) is 18.8 Å². The van der Waals surface area contributed by atoms with E-state index in [0.29, 0.717) is 24.3 Å². The van der Waals surface area contributed by atoms with Crippen LogP contribution in [-0.4, -0.2) is 39.5 Å². The number of rotatable bonds is 2. The Balaban J connectivity index is 1.64. The average Bonchev–Trinajstić information content (AvgIpc) is 3.02. The molecule has 0 spiro atoms. The number of nitrogens with zero attached hydrogens (tertiary/aromatic N) is 3. The van der Waals surface area contributed by atoms with Crippen LogP contribution in [0.25, 0.3) is 11.1 Å². The van der Waals surface area contributed by atoms with Gasteiger partial charge >= 0.3 is 6.09 Å². The Bertz CT molecular complexity index is 769. The molecule has 1 fully saturated rings. The van der Waals surface area contributed by atoms with Gasteiger partial charge in [0.05, 0.1) is 12.2 Å². The lowest BCUT2D eigenvalue weighted by Crippen LogP contribution is -2.42. The van der Waals surface area contributed by atoms with E-state index in [9.17, 15) is 9.18 Å². The number of piperidine rings is 1. The fourth-order valence-electron chi connectivity index (χ4n) is 3.11. The third-order valence-corrected chi connectivity index (χ3v) is 4.35. The fourth-order valence-corrected chi connectivity index (χ4v) is 3.11. The Morgan fingerprint density at radius 3 is 2.54 bits per heavy atom. The first-order valence-corrected chi connectivity index (χ1v) is 8.80. The highest BCUT2D eigenvalue weighted by atomic mass is 19.1. The molecule has 0 atom stereocenters. The lowest BCUT2D eigenvalue weighted by atomic mass is 10.1. The number of likely N-dealkylation sites (tertiary alicyclic amines) is 1. The second-order valence-electron chi connectivity index (χ2n) is 7.68. The van der Waals surface area contributed by atoms with E-state index in [1.807, 2.05) is 31.6 Å². The minimum absolute atomic E-state index is 0.202. The standard InChI is InChI=1S/C19H25FN4O2/c1-19(2,3)26-18(25)23-6-4-17(5-7-23)24-12-14(11-22-24)13-8-15(20)10-16(21)9-13/h8-12,17H,4-7,21H2,1-3H3. The van der Waals surface area contributed by atoms with Gasteiger partial charge in [-0.25, -0.2) is 9.18 Å². The van der Waals surface area contributed by atoms with Crippen molar-refractivity contribution in [3.8, 4) is 11.1 Å². The zero-order chi connectivity index (χ0) is 18.9. The molecule has 3 rings (SSSR count). The van der Waals surface area contributed by atoms with E-state index in [4.69, 9.17) is 10.5 Å². The van der Waals surface area contributed by atoms with Crippen LogP contribution in [0.3, 0.4) is 0 Å². The third-order valence-electron chi connectivity index (χ3n) is 4.35. The topological polar surface area (TPSA) is 73.4 Å². The van der Waals surface area contributed by atoms with E-state index in [1.165, 1.54) is 12.1 Å². The number of anilines is 1. The number of carbonyl (C=O) groups is 1. The van der Waals surface area contributed by atoms with Crippen molar-refractivity contribution in [1.29, 1.82) is 0 Å². The lowest BCUT2D eigenvalue weighted by molar-refractivity contribution is 0.0185. The molecule has 1 aromatic heterocycles. The predicted octanol–water partition coefficient (Wildman–Crippen LogP) is 3.84. The third kappa shape index (κ3) is 4.33. The molecule has 0 radical (unpaired) electrons. The molecular weight excluding hydrogens is 335 g/mol. The SMILES string of the molecule is CC(C)(C)OC(=O)N1CCC(n2cc(-c3cc(N)cc(F)c3)cn2)CC1. The molecule has 0 unspecified atom stereocenters. The molecule has 7 heteroatoms. The quantitative estimate of drug-likeness (QED) is 0.826. The lowest BCUT2D eigenvalue weighted by Gasteiger charge is -2.33. The number of hydrogen-bond acceptors (Lipinski definition) is 4. The van der Waals surface area contributed by atoms with Crippen molar-refractivity contribution in [2.24, 2.45) is 0 Å². The molecule has 1 aliphatic heterocycles. The highest BCUT2D eigenvalue weighted by molar-refractivity contribution is 5.68. The Labute approximate surface area is 152 Å². The van der Waals surface area contributed by atoms with Gasteiger partial charge in [-0.2, -0.15) is 5.10 Å². The van der Waals surface area contributed by atoms with Gasteiger partial charge in [0.15, 0.2) is 0 Å². The van der Waals surface area contributed by atoms with Crippen LogP contribution >= 0.6 is 0 Å². The number of aromatic nitrogens is 2. The molecule has 0 aliphatic carbocycles. The van der Waals surface area contributed by atoms with Crippen LogP contribution in [0.2, 0.25) is 0 Å². The minimum atomic E-state index is -0.488. The number of halogens is 1. The van der Waals surface area contributed by atoms with Gasteiger partial charge in [0.2, 0.25) is 0 Å². The van der Waals surface area contributed by atoms with E-state index < -0.39 is 5.60 Å². The van der Waals surface area contributed by atoms with E-state index in [2.05, 4.69) is 5.10 Å². The molecule has 1 aliphatic rings. The van der Waals surface area contributed by atoms with Gasteiger partial charge < -0.3 is 15.4 Å². The molecular formula is C19H25FN4O2. The molecule has 140 valence electrons. The van der Waals surface area contributed by atoms with E-state index >= 15 is 0 Å². The van der Waals surface area contributed by atoms with Crippen molar-refractivity contribution < 1.29 is 13.9 Å². The monoisotopic (exact) mass is 360 g/mol. The first kappa shape index (κ1) is 18.2. The first-order valence-electron chi connectivity index (χ1n) is 8.80. The summed E-state index contributed by atoms with van der Waals surface area (Å²) < 4.78 is 20.9. The van der Waals surface area contributed by atoms with Crippen molar-refractivity contribution in [3.05, 3.63) is 36.4 Å². The normalized spacial score (nSPS) is 15.9. The molecule has 2 aromatic rings. The Kier molecular flexibility index (Phi) is 4.89. The van der Waals surface area contributed by atoms with Gasteiger partial charge in [0, 0.05) is 30.5 Å². The Hall–Kier alpha value is -2.57. The van der Waals surface area contributed by atoms with Crippen molar-refractivity contribution in [3.63, 3.8) is 0 Å². The predicted molar refractivity (Wildman–Crippen MR) is 98.1 cm³/mol. The Morgan fingerprint density at radius 1 is 1.23 bits per heavy atom. The molecule has 1 aromatic carbocycles. The number of nitrogen functional groups attached to an aromatic ring is 1. The second kappa shape index (κ2) is 6.97. The summed E-state index contributed by atoms with van der Waals surface area (Å²) >= 11 is 0. The van der Waals surface area contributed by atoms with Crippen molar-refractivity contribution in [1.82, 2.24) is 14.7 Å². The molecule has 26 heavy (non-hydrogen) atoms. The number of benzene rings is 1. The zero-order valence-corrected chi connectivity index (χ0v) is 15.4. The van der Waals surface area contributed by atoms with Crippen LogP contribution in [0.4, 0.5) is 14.9 Å². The maximum atomic E-state index is 13.6. The largest absolute Gasteiger partial charge is 0.444 e. The highest BCUT2D eigenvalue weighted by Crippen LogP contribution is 2.27. The second-order valence-corrected chi connectivity index (χ2v) is 7.68. The van der Waals surface area contributed by atoms with Crippen molar-refractivity contribution >= 4 is 11.8 Å². The van der Waals surface area contributed by atoms with Crippen LogP contribution in [-0.2, 0) is 4.74 Å². The highest BCUT2D eigenvalue weighted by Gasteiger charge is 2.27. The molecule has 1 amide bonds. The molecule has 2 N–H and O–H groups in total. The number of hydrogen-bond donors (Lipinski definition) is 1. The fraction of sp³-hybridized carbons (Fsp3) is 0.474. The molecule has 1 saturated heterocycles. The maximum Gasteiger partial charge on any atom is 0.410 e. The molecule has 0 saturated carbocycles. The van der Waals surface area contributed by atoms with E-state index in [1.54, 1.807) is 17.2 Å². The number of amides is 1. The van der Waals surface area contributed by atoms with Crippen LogP contribution < -0.4 is 5.73 Å². The summed E-state index contributed by atoms with van der Waals surface area (Å²) in [5.41, 5.74) is 7.15. The van der Waals surface area contributed by atoms with Crippen LogP contribution in [0.1, 0.15) is 39.7 Å². The van der Waals surface area contributed by atoms with Gasteiger partial charge in [-0.1, -0.05) is 0 Å². The number of ether oxygens (including phenoxy) is 1. The molecule has 2 heterocycles. The summed E-state index contributed by atoms with van der Waals surface area (Å²) in [7, 11) is 0. The zero-order valence-electron chi connectivity index (χ0n) is 15.4. The van der Waals surface area contributed by atoms with Gasteiger partial charge in [0.1, 0.15) is 11.4 Å². The summed E-state index contributed by atoms with van der Waals surface area (Å²) in [4.78, 5) is 13.9. The van der Waals surface area contributed by atoms with Gasteiger partial charge in [-0.05, 0) is 57.4 Å². The van der Waals surface area contributed by atoms with E-state index in [-0.39, 0.29) is 18.0 Å². The summed E-state index contributed by atoms with van der Waals surface area (Å²) in [5, 5.41) is 4.42. The van der Waals surface area contributed by atoms with E-state index in [0.717, 1.165) is 18.4 Å². The Morgan fingerprint density at radius 2 is 1.92 bits per heavy atom. The van der Waals surface area contributed by atoms with Crippen LogP contribution in [0.5, 0.6) is 0 Å². The molecule has 6 nitrogen and oxygen atoms in total. The van der Waals surface area contributed by atoms with Gasteiger partial charge in [0.25, 0.3) is 0 Å². The van der Waals surface area contributed by atoms with Crippen LogP contribution in [0, 0.1) is 5.82 Å². The smallest absolute Gasteiger partial charge is 0.410 e. The summed E-state index contributed by atoms with van der Waals surface area (Å²) in [5.74, 6) is -0.363. The van der Waals surface area contributed by atoms with Gasteiger partial charge in [-0.15, -0.1) is 0 Å². The van der Waals surface area contributed by atoms with Gasteiger partial charge in [-0.3, -0.25) is 4.68 Å².